The second-order valence-corrected chi connectivity index (χ2v) is 5.55. The number of rotatable bonds is 5. The van der Waals surface area contributed by atoms with Crippen LogP contribution in [0.3, 0.4) is 0 Å². The monoisotopic (exact) mass is 297 g/mol. The molecule has 1 aliphatic carbocycles. The SMILES string of the molecule is CC(=O)c1cccc(Nc2cnnc(NC3CCCC3)n2)c1. The van der Waals surface area contributed by atoms with Crippen LogP contribution in [-0.2, 0) is 0 Å². The number of anilines is 3. The number of nitrogens with one attached hydrogen (secondary N) is 2. The molecule has 1 aromatic carbocycles. The Morgan fingerprint density at radius 1 is 1.27 bits per heavy atom. The number of ketones is 1. The van der Waals surface area contributed by atoms with E-state index in [-0.39, 0.29) is 5.78 Å². The molecule has 6 nitrogen and oxygen atoms in total. The topological polar surface area (TPSA) is 79.8 Å². The van der Waals surface area contributed by atoms with E-state index < -0.39 is 0 Å². The number of hydrogen-bond acceptors (Lipinski definition) is 6. The minimum Gasteiger partial charge on any atom is -0.350 e. The molecule has 0 bridgehead atoms. The standard InChI is InChI=1S/C16H19N5O/c1-11(22)12-5-4-8-14(9-12)18-15-10-17-21-16(20-15)19-13-6-2-3-7-13/h4-5,8-10,13H,2-3,6-7H2,1H3,(H2,18,19,20,21). The van der Waals surface area contributed by atoms with E-state index in [1.807, 2.05) is 12.1 Å². The largest absolute Gasteiger partial charge is 0.350 e. The second kappa shape index (κ2) is 6.51. The lowest BCUT2D eigenvalue weighted by Crippen LogP contribution is -2.17. The third-order valence-corrected chi connectivity index (χ3v) is 3.79. The van der Waals surface area contributed by atoms with E-state index in [1.165, 1.54) is 12.8 Å². The Morgan fingerprint density at radius 2 is 2.09 bits per heavy atom. The lowest BCUT2D eigenvalue weighted by molar-refractivity contribution is 0.101. The fourth-order valence-corrected chi connectivity index (χ4v) is 2.64. The van der Waals surface area contributed by atoms with E-state index >= 15 is 0 Å². The minimum atomic E-state index is 0.0352. The number of carbonyl (C=O) groups is 1. The highest BCUT2D eigenvalue weighted by Gasteiger charge is 2.15. The van der Waals surface area contributed by atoms with Crippen LogP contribution in [0, 0.1) is 0 Å². The zero-order valence-electron chi connectivity index (χ0n) is 12.5. The maximum atomic E-state index is 11.4. The molecule has 6 heteroatoms. The van der Waals surface area contributed by atoms with Gasteiger partial charge in [0.25, 0.3) is 0 Å². The van der Waals surface area contributed by atoms with Gasteiger partial charge in [0.2, 0.25) is 5.95 Å². The van der Waals surface area contributed by atoms with Crippen molar-refractivity contribution in [3.05, 3.63) is 36.0 Å². The Labute approximate surface area is 129 Å². The molecule has 1 saturated carbocycles. The molecule has 0 aliphatic heterocycles. The van der Waals surface area contributed by atoms with Crippen LogP contribution in [0.2, 0.25) is 0 Å². The predicted octanol–water partition coefficient (Wildman–Crippen LogP) is 3.17. The molecule has 0 saturated heterocycles. The average molecular weight is 297 g/mol. The highest BCUT2D eigenvalue weighted by Crippen LogP contribution is 2.21. The number of aromatic nitrogens is 3. The van der Waals surface area contributed by atoms with Gasteiger partial charge in [-0.05, 0) is 31.9 Å². The first-order chi connectivity index (χ1) is 10.7. The fraction of sp³-hybridized carbons (Fsp3) is 0.375. The summed E-state index contributed by atoms with van der Waals surface area (Å²) in [6, 6.07) is 7.76. The van der Waals surface area contributed by atoms with Crippen molar-refractivity contribution in [2.45, 2.75) is 38.6 Å². The van der Waals surface area contributed by atoms with E-state index in [0.29, 0.717) is 23.4 Å². The molecule has 1 aromatic heterocycles. The predicted molar refractivity (Wildman–Crippen MR) is 85.4 cm³/mol. The van der Waals surface area contributed by atoms with Gasteiger partial charge in [0, 0.05) is 17.3 Å². The summed E-state index contributed by atoms with van der Waals surface area (Å²) in [4.78, 5) is 15.8. The molecule has 2 aromatic rings. The summed E-state index contributed by atoms with van der Waals surface area (Å²) in [6.07, 6.45) is 6.38. The number of carbonyl (C=O) groups excluding carboxylic acids is 1. The third-order valence-electron chi connectivity index (χ3n) is 3.79. The first kappa shape index (κ1) is 14.4. The van der Waals surface area contributed by atoms with E-state index in [2.05, 4.69) is 25.8 Å². The minimum absolute atomic E-state index is 0.0352. The van der Waals surface area contributed by atoms with Crippen LogP contribution >= 0.6 is 0 Å². The summed E-state index contributed by atoms with van der Waals surface area (Å²) in [6.45, 7) is 1.55. The van der Waals surface area contributed by atoms with Gasteiger partial charge >= 0.3 is 0 Å². The zero-order valence-corrected chi connectivity index (χ0v) is 12.5. The third kappa shape index (κ3) is 3.58. The summed E-state index contributed by atoms with van der Waals surface area (Å²) in [5.41, 5.74) is 1.47. The molecule has 3 rings (SSSR count). The normalized spacial score (nSPS) is 14.8. The van der Waals surface area contributed by atoms with Crippen molar-refractivity contribution in [2.24, 2.45) is 0 Å². The van der Waals surface area contributed by atoms with Gasteiger partial charge in [-0.15, -0.1) is 5.10 Å². The molecular formula is C16H19N5O. The quantitative estimate of drug-likeness (QED) is 0.825. The van der Waals surface area contributed by atoms with E-state index in [4.69, 9.17) is 0 Å². The van der Waals surface area contributed by atoms with Crippen LogP contribution in [-0.4, -0.2) is 27.0 Å². The lowest BCUT2D eigenvalue weighted by atomic mass is 10.1. The van der Waals surface area contributed by atoms with E-state index in [9.17, 15) is 4.79 Å². The molecular weight excluding hydrogens is 278 g/mol. The summed E-state index contributed by atoms with van der Waals surface area (Å²) < 4.78 is 0. The van der Waals surface area contributed by atoms with Gasteiger partial charge in [-0.3, -0.25) is 4.79 Å². The van der Waals surface area contributed by atoms with Gasteiger partial charge in [0.1, 0.15) is 0 Å². The highest BCUT2D eigenvalue weighted by atomic mass is 16.1. The van der Waals surface area contributed by atoms with Gasteiger partial charge in [-0.25, -0.2) is 0 Å². The summed E-state index contributed by atoms with van der Waals surface area (Å²) in [5.74, 6) is 1.18. The molecule has 1 aliphatic rings. The van der Waals surface area contributed by atoms with Crippen molar-refractivity contribution in [3.63, 3.8) is 0 Å². The maximum Gasteiger partial charge on any atom is 0.244 e. The van der Waals surface area contributed by atoms with Crippen LogP contribution in [0.1, 0.15) is 43.0 Å². The Hall–Kier alpha value is -2.50. The smallest absolute Gasteiger partial charge is 0.244 e. The highest BCUT2D eigenvalue weighted by molar-refractivity contribution is 5.95. The molecule has 1 fully saturated rings. The molecule has 0 spiro atoms. The first-order valence-corrected chi connectivity index (χ1v) is 7.55. The Balaban J connectivity index is 1.72. The molecule has 0 radical (unpaired) electrons. The number of hydrogen-bond donors (Lipinski definition) is 2. The van der Waals surface area contributed by atoms with Crippen LogP contribution in [0.15, 0.2) is 30.5 Å². The molecule has 22 heavy (non-hydrogen) atoms. The van der Waals surface area contributed by atoms with Gasteiger partial charge in [-0.1, -0.05) is 25.0 Å². The van der Waals surface area contributed by atoms with Crippen molar-refractivity contribution in [1.82, 2.24) is 15.2 Å². The van der Waals surface area contributed by atoms with Crippen LogP contribution in [0.4, 0.5) is 17.5 Å². The summed E-state index contributed by atoms with van der Waals surface area (Å²) in [5, 5.41) is 14.5. The molecule has 0 amide bonds. The van der Waals surface area contributed by atoms with Crippen molar-refractivity contribution >= 4 is 23.2 Å². The van der Waals surface area contributed by atoms with Crippen molar-refractivity contribution in [2.75, 3.05) is 10.6 Å². The fourth-order valence-electron chi connectivity index (χ4n) is 2.64. The second-order valence-electron chi connectivity index (χ2n) is 5.55. The van der Waals surface area contributed by atoms with Crippen LogP contribution in [0.5, 0.6) is 0 Å². The number of benzene rings is 1. The molecule has 1 heterocycles. The van der Waals surface area contributed by atoms with Gasteiger partial charge < -0.3 is 10.6 Å². The number of Topliss-reactive ketones (excluding diaryl/α,β-unsaturated/α-hetero) is 1. The van der Waals surface area contributed by atoms with Crippen molar-refractivity contribution in [3.8, 4) is 0 Å². The van der Waals surface area contributed by atoms with Crippen LogP contribution in [0.25, 0.3) is 0 Å². The number of nitrogens with zero attached hydrogens (tertiary/aromatic N) is 3. The molecule has 2 N–H and O–H groups in total. The molecule has 0 unspecified atom stereocenters. The molecule has 0 atom stereocenters. The maximum absolute atomic E-state index is 11.4. The molecule has 114 valence electrons. The van der Waals surface area contributed by atoms with Gasteiger partial charge in [0.15, 0.2) is 11.6 Å². The average Bonchev–Trinajstić information content (AvgIpc) is 3.01. The van der Waals surface area contributed by atoms with Gasteiger partial charge in [-0.2, -0.15) is 10.1 Å². The Kier molecular flexibility index (Phi) is 4.27. The zero-order chi connectivity index (χ0) is 15.4. The Morgan fingerprint density at radius 3 is 2.86 bits per heavy atom. The van der Waals surface area contributed by atoms with E-state index in [0.717, 1.165) is 18.5 Å². The first-order valence-electron chi connectivity index (χ1n) is 7.55. The summed E-state index contributed by atoms with van der Waals surface area (Å²) >= 11 is 0. The van der Waals surface area contributed by atoms with Crippen LogP contribution < -0.4 is 10.6 Å². The Bertz CT molecular complexity index is 667. The van der Waals surface area contributed by atoms with Crippen molar-refractivity contribution < 1.29 is 4.79 Å². The summed E-state index contributed by atoms with van der Waals surface area (Å²) in [7, 11) is 0. The van der Waals surface area contributed by atoms with Crippen molar-refractivity contribution in [1.29, 1.82) is 0 Å². The van der Waals surface area contributed by atoms with E-state index in [1.54, 1.807) is 25.3 Å². The van der Waals surface area contributed by atoms with Gasteiger partial charge in [0.05, 0.1) is 6.20 Å². The lowest BCUT2D eigenvalue weighted by Gasteiger charge is -2.12.